The van der Waals surface area contributed by atoms with Gasteiger partial charge >= 0.3 is 0 Å². The van der Waals surface area contributed by atoms with Crippen LogP contribution in [-0.2, 0) is 6.42 Å². The van der Waals surface area contributed by atoms with Crippen LogP contribution in [0.1, 0.15) is 38.7 Å². The lowest BCUT2D eigenvalue weighted by Crippen LogP contribution is -2.33. The van der Waals surface area contributed by atoms with Crippen LogP contribution in [0, 0.1) is 17.7 Å². The molecule has 1 saturated carbocycles. The van der Waals surface area contributed by atoms with Gasteiger partial charge in [0, 0.05) is 6.04 Å². The summed E-state index contributed by atoms with van der Waals surface area (Å²) in [6.45, 7) is 5.67. The van der Waals surface area contributed by atoms with Gasteiger partial charge in [-0.05, 0) is 77.7 Å². The van der Waals surface area contributed by atoms with E-state index in [2.05, 4.69) is 35.1 Å². The molecule has 19 heavy (non-hydrogen) atoms. The van der Waals surface area contributed by atoms with Crippen LogP contribution < -0.4 is 5.32 Å². The summed E-state index contributed by atoms with van der Waals surface area (Å²) in [5.74, 6) is 1.24. The Kier molecular flexibility index (Phi) is 5.40. The molecule has 1 aromatic carbocycles. The topological polar surface area (TPSA) is 12.0 Å². The maximum absolute atomic E-state index is 13.2. The van der Waals surface area contributed by atoms with Crippen LogP contribution in [0.25, 0.3) is 0 Å². The van der Waals surface area contributed by atoms with Gasteiger partial charge in [-0.15, -0.1) is 0 Å². The first-order valence-electron chi connectivity index (χ1n) is 7.29. The summed E-state index contributed by atoms with van der Waals surface area (Å²) in [5.41, 5.74) is 1.24. The molecule has 0 radical (unpaired) electrons. The lowest BCUT2D eigenvalue weighted by molar-refractivity contribution is 0.351. The van der Waals surface area contributed by atoms with Crippen LogP contribution in [0.3, 0.4) is 0 Å². The van der Waals surface area contributed by atoms with Gasteiger partial charge in [-0.1, -0.05) is 19.9 Å². The molecule has 0 aliphatic heterocycles. The lowest BCUT2D eigenvalue weighted by Gasteiger charge is -2.22. The summed E-state index contributed by atoms with van der Waals surface area (Å²) in [5, 5.41) is 3.65. The van der Waals surface area contributed by atoms with Gasteiger partial charge in [0.1, 0.15) is 5.82 Å². The second-order valence-electron chi connectivity index (χ2n) is 5.71. The first kappa shape index (κ1) is 15.0. The Morgan fingerprint density at radius 1 is 1.37 bits per heavy atom. The van der Waals surface area contributed by atoms with Crippen molar-refractivity contribution in [2.75, 3.05) is 6.54 Å². The van der Waals surface area contributed by atoms with Gasteiger partial charge in [0.2, 0.25) is 0 Å². The molecule has 1 aliphatic carbocycles. The Balaban J connectivity index is 1.94. The molecule has 1 aliphatic rings. The van der Waals surface area contributed by atoms with Crippen molar-refractivity contribution >= 4 is 15.9 Å². The summed E-state index contributed by atoms with van der Waals surface area (Å²) in [4.78, 5) is 0. The predicted molar refractivity (Wildman–Crippen MR) is 81.8 cm³/mol. The third-order valence-electron chi connectivity index (χ3n) is 4.37. The molecule has 3 atom stereocenters. The number of hydrogen-bond acceptors (Lipinski definition) is 1. The van der Waals surface area contributed by atoms with Crippen LogP contribution in [-0.4, -0.2) is 12.6 Å². The Morgan fingerprint density at radius 2 is 2.16 bits per heavy atom. The minimum Gasteiger partial charge on any atom is -0.314 e. The van der Waals surface area contributed by atoms with Crippen molar-refractivity contribution < 1.29 is 4.39 Å². The number of hydrogen-bond donors (Lipinski definition) is 1. The highest BCUT2D eigenvalue weighted by atomic mass is 79.9. The standard InChI is InChI=1S/C16H23BrFN/c1-3-8-19-16-7-5-13(11(16)2)9-12-4-6-15(18)14(17)10-12/h4,6,10-11,13,16,19H,3,5,7-9H2,1-2H3. The molecular formula is C16H23BrFN. The highest BCUT2D eigenvalue weighted by molar-refractivity contribution is 9.10. The Bertz CT molecular complexity index is 421. The van der Waals surface area contributed by atoms with Crippen molar-refractivity contribution in [2.24, 2.45) is 11.8 Å². The Morgan fingerprint density at radius 3 is 2.84 bits per heavy atom. The van der Waals surface area contributed by atoms with Crippen molar-refractivity contribution in [3.8, 4) is 0 Å². The van der Waals surface area contributed by atoms with E-state index in [1.54, 1.807) is 6.07 Å². The molecule has 106 valence electrons. The molecule has 3 heteroatoms. The average molecular weight is 328 g/mol. The molecule has 1 aromatic rings. The third-order valence-corrected chi connectivity index (χ3v) is 4.97. The summed E-state index contributed by atoms with van der Waals surface area (Å²) in [6, 6.07) is 6.06. The molecular weight excluding hydrogens is 305 g/mol. The summed E-state index contributed by atoms with van der Waals surface area (Å²) in [7, 11) is 0. The SMILES string of the molecule is CCCNC1CCC(Cc2ccc(F)c(Br)c2)C1C. The van der Waals surface area contributed by atoms with Crippen LogP contribution in [0.5, 0.6) is 0 Å². The van der Waals surface area contributed by atoms with Crippen LogP contribution in [0.2, 0.25) is 0 Å². The number of rotatable bonds is 5. The van der Waals surface area contributed by atoms with Crippen LogP contribution in [0.4, 0.5) is 4.39 Å². The van der Waals surface area contributed by atoms with Gasteiger partial charge in [0.25, 0.3) is 0 Å². The van der Waals surface area contributed by atoms with E-state index in [4.69, 9.17) is 0 Å². The predicted octanol–water partition coefficient (Wildman–Crippen LogP) is 4.55. The number of benzene rings is 1. The van der Waals surface area contributed by atoms with E-state index < -0.39 is 0 Å². The van der Waals surface area contributed by atoms with Gasteiger partial charge in [-0.2, -0.15) is 0 Å². The van der Waals surface area contributed by atoms with E-state index in [1.807, 2.05) is 12.1 Å². The van der Waals surface area contributed by atoms with E-state index in [-0.39, 0.29) is 5.82 Å². The second kappa shape index (κ2) is 6.85. The molecule has 0 spiro atoms. The van der Waals surface area contributed by atoms with Crippen molar-refractivity contribution in [1.82, 2.24) is 5.32 Å². The zero-order valence-electron chi connectivity index (χ0n) is 11.8. The molecule has 2 rings (SSSR count). The number of halogens is 2. The van der Waals surface area contributed by atoms with Gasteiger partial charge in [-0.3, -0.25) is 0 Å². The summed E-state index contributed by atoms with van der Waals surface area (Å²) < 4.78 is 13.8. The van der Waals surface area contributed by atoms with Gasteiger partial charge < -0.3 is 5.32 Å². The normalized spacial score (nSPS) is 26.8. The minimum absolute atomic E-state index is 0.175. The highest BCUT2D eigenvalue weighted by Crippen LogP contribution is 2.34. The average Bonchev–Trinajstić information content (AvgIpc) is 2.73. The fourth-order valence-corrected chi connectivity index (χ4v) is 3.55. The molecule has 3 unspecified atom stereocenters. The summed E-state index contributed by atoms with van der Waals surface area (Å²) >= 11 is 3.27. The molecule has 0 bridgehead atoms. The molecule has 0 heterocycles. The minimum atomic E-state index is -0.175. The van der Waals surface area contributed by atoms with Gasteiger partial charge in [-0.25, -0.2) is 4.39 Å². The zero-order chi connectivity index (χ0) is 13.8. The second-order valence-corrected chi connectivity index (χ2v) is 6.56. The monoisotopic (exact) mass is 327 g/mol. The van der Waals surface area contributed by atoms with E-state index in [9.17, 15) is 4.39 Å². The molecule has 0 saturated heterocycles. The molecule has 1 nitrogen and oxygen atoms in total. The molecule has 0 aromatic heterocycles. The Hall–Kier alpha value is -0.410. The van der Waals surface area contributed by atoms with Crippen LogP contribution in [0.15, 0.2) is 22.7 Å². The third kappa shape index (κ3) is 3.79. The zero-order valence-corrected chi connectivity index (χ0v) is 13.3. The molecule has 0 amide bonds. The van der Waals surface area contributed by atoms with E-state index in [1.165, 1.54) is 24.8 Å². The largest absolute Gasteiger partial charge is 0.314 e. The van der Waals surface area contributed by atoms with E-state index in [0.29, 0.717) is 22.4 Å². The first-order valence-corrected chi connectivity index (χ1v) is 8.08. The summed E-state index contributed by atoms with van der Waals surface area (Å²) in [6.07, 6.45) is 4.80. The quantitative estimate of drug-likeness (QED) is 0.836. The highest BCUT2D eigenvalue weighted by Gasteiger charge is 2.32. The number of nitrogens with one attached hydrogen (secondary N) is 1. The first-order chi connectivity index (χ1) is 9.11. The lowest BCUT2D eigenvalue weighted by atomic mass is 9.89. The van der Waals surface area contributed by atoms with Crippen molar-refractivity contribution in [2.45, 2.75) is 45.6 Å². The van der Waals surface area contributed by atoms with Crippen molar-refractivity contribution in [1.29, 1.82) is 0 Å². The molecule has 1 fully saturated rings. The fourth-order valence-electron chi connectivity index (χ4n) is 3.12. The van der Waals surface area contributed by atoms with Crippen molar-refractivity contribution in [3.05, 3.63) is 34.1 Å². The van der Waals surface area contributed by atoms with Crippen molar-refractivity contribution in [3.63, 3.8) is 0 Å². The van der Waals surface area contributed by atoms with E-state index in [0.717, 1.165) is 13.0 Å². The fraction of sp³-hybridized carbons (Fsp3) is 0.625. The molecule has 1 N–H and O–H groups in total. The van der Waals surface area contributed by atoms with Crippen LogP contribution >= 0.6 is 15.9 Å². The van der Waals surface area contributed by atoms with E-state index >= 15 is 0 Å². The van der Waals surface area contributed by atoms with Gasteiger partial charge in [0.05, 0.1) is 4.47 Å². The smallest absolute Gasteiger partial charge is 0.137 e. The maximum Gasteiger partial charge on any atom is 0.137 e. The maximum atomic E-state index is 13.2. The van der Waals surface area contributed by atoms with Gasteiger partial charge in [0.15, 0.2) is 0 Å². The Labute approximate surface area is 124 Å².